The Morgan fingerprint density at radius 2 is 2.08 bits per heavy atom. The van der Waals surface area contributed by atoms with Crippen LogP contribution in [0, 0.1) is 13.8 Å². The number of hydrogen-bond acceptors (Lipinski definition) is 4. The Hall–Kier alpha value is -1.82. The fraction of sp³-hybridized carbons (Fsp3) is 0.500. The first kappa shape index (κ1) is 17.0. The van der Waals surface area contributed by atoms with Gasteiger partial charge in [0.25, 0.3) is 0 Å². The van der Waals surface area contributed by atoms with Crippen LogP contribution in [0.2, 0.25) is 0 Å². The van der Waals surface area contributed by atoms with Crippen molar-refractivity contribution < 1.29 is 4.79 Å². The quantitative estimate of drug-likeness (QED) is 0.844. The normalized spacial score (nSPS) is 16.3. The Morgan fingerprint density at radius 3 is 2.79 bits per heavy atom. The van der Waals surface area contributed by atoms with Gasteiger partial charge in [0.05, 0.1) is 10.9 Å². The molecule has 0 bridgehead atoms. The Labute approximate surface area is 147 Å². The van der Waals surface area contributed by atoms with Crippen LogP contribution in [0.3, 0.4) is 0 Å². The smallest absolute Gasteiger partial charge is 0.233 e. The number of aryl methyl sites for hydroxylation is 2. The lowest BCUT2D eigenvalue weighted by Crippen LogP contribution is -2.37. The first-order chi connectivity index (χ1) is 11.5. The van der Waals surface area contributed by atoms with Gasteiger partial charge in [-0.15, -0.1) is 10.2 Å². The lowest BCUT2D eigenvalue weighted by Gasteiger charge is -2.16. The molecule has 6 heteroatoms. The first-order valence-electron chi connectivity index (χ1n) is 8.49. The summed E-state index contributed by atoms with van der Waals surface area (Å²) in [5.41, 5.74) is 3.44. The number of nitrogens with one attached hydrogen (secondary N) is 1. The van der Waals surface area contributed by atoms with Gasteiger partial charge < -0.3 is 5.32 Å². The summed E-state index contributed by atoms with van der Waals surface area (Å²) in [7, 11) is 0. The zero-order valence-electron chi connectivity index (χ0n) is 14.5. The molecular formula is C18H24N4OS. The molecule has 2 aromatic rings. The van der Waals surface area contributed by atoms with Gasteiger partial charge in [-0.1, -0.05) is 42.3 Å². The number of amides is 1. The zero-order valence-corrected chi connectivity index (χ0v) is 15.3. The van der Waals surface area contributed by atoms with E-state index in [1.54, 1.807) is 6.33 Å². The van der Waals surface area contributed by atoms with E-state index in [1.807, 2.05) is 11.5 Å². The van der Waals surface area contributed by atoms with Crippen molar-refractivity contribution in [3.05, 3.63) is 35.7 Å². The molecule has 1 amide bonds. The summed E-state index contributed by atoms with van der Waals surface area (Å²) >= 11 is 1.45. The van der Waals surface area contributed by atoms with E-state index in [0.29, 0.717) is 6.04 Å². The molecule has 128 valence electrons. The van der Waals surface area contributed by atoms with Gasteiger partial charge in [-0.25, -0.2) is 0 Å². The van der Waals surface area contributed by atoms with E-state index in [1.165, 1.54) is 35.7 Å². The van der Waals surface area contributed by atoms with E-state index < -0.39 is 0 Å². The molecule has 0 radical (unpaired) electrons. The van der Waals surface area contributed by atoms with Crippen molar-refractivity contribution in [3.63, 3.8) is 0 Å². The van der Waals surface area contributed by atoms with Crippen LogP contribution in [0.5, 0.6) is 0 Å². The van der Waals surface area contributed by atoms with Crippen molar-refractivity contribution in [1.29, 1.82) is 0 Å². The summed E-state index contributed by atoms with van der Waals surface area (Å²) in [6.45, 7) is 6.08. The minimum atomic E-state index is -0.195. The monoisotopic (exact) mass is 344 g/mol. The summed E-state index contributed by atoms with van der Waals surface area (Å²) in [6, 6.07) is 6.63. The van der Waals surface area contributed by atoms with Crippen LogP contribution < -0.4 is 5.32 Å². The van der Waals surface area contributed by atoms with Crippen molar-refractivity contribution in [3.8, 4) is 5.69 Å². The third-order valence-electron chi connectivity index (χ3n) is 4.48. The lowest BCUT2D eigenvalue weighted by molar-refractivity contribution is -0.120. The molecule has 5 nitrogen and oxygen atoms in total. The topological polar surface area (TPSA) is 59.8 Å². The zero-order chi connectivity index (χ0) is 17.1. The maximum absolute atomic E-state index is 12.4. The fourth-order valence-corrected chi connectivity index (χ4v) is 3.99. The first-order valence-corrected chi connectivity index (χ1v) is 9.37. The molecule has 1 heterocycles. The third-order valence-corrected chi connectivity index (χ3v) is 5.54. The van der Waals surface area contributed by atoms with Crippen LogP contribution in [0.25, 0.3) is 5.69 Å². The number of rotatable bonds is 5. The SMILES string of the molecule is Cc1ccc(-n2cnnc2SC(C)C(=O)NC2CCCC2)c(C)c1. The second kappa shape index (κ2) is 7.38. The molecule has 24 heavy (non-hydrogen) atoms. The standard InChI is InChI=1S/C18H24N4OS/c1-12-8-9-16(13(2)10-12)22-11-19-21-18(22)24-14(3)17(23)20-15-6-4-5-7-15/h8-11,14-15H,4-7H2,1-3H3,(H,20,23). The molecule has 1 aromatic carbocycles. The van der Waals surface area contributed by atoms with Crippen LogP contribution in [0.1, 0.15) is 43.7 Å². The maximum Gasteiger partial charge on any atom is 0.233 e. The molecule has 1 N–H and O–H groups in total. The molecule has 1 saturated carbocycles. The summed E-state index contributed by atoms with van der Waals surface area (Å²) in [4.78, 5) is 12.4. The van der Waals surface area contributed by atoms with Crippen LogP contribution >= 0.6 is 11.8 Å². The highest BCUT2D eigenvalue weighted by atomic mass is 32.2. The van der Waals surface area contributed by atoms with Crippen molar-refractivity contribution in [2.45, 2.75) is 62.9 Å². The van der Waals surface area contributed by atoms with Gasteiger partial charge >= 0.3 is 0 Å². The molecule has 1 fully saturated rings. The number of benzene rings is 1. The Bertz CT molecular complexity index is 722. The maximum atomic E-state index is 12.4. The van der Waals surface area contributed by atoms with Crippen LogP contribution in [0.4, 0.5) is 0 Å². The van der Waals surface area contributed by atoms with Gasteiger partial charge in [-0.3, -0.25) is 9.36 Å². The molecular weight excluding hydrogens is 320 g/mol. The van der Waals surface area contributed by atoms with Gasteiger partial charge in [-0.05, 0) is 45.2 Å². The number of thioether (sulfide) groups is 1. The second-order valence-electron chi connectivity index (χ2n) is 6.52. The lowest BCUT2D eigenvalue weighted by atomic mass is 10.1. The highest BCUT2D eigenvalue weighted by Gasteiger charge is 2.23. The Balaban J connectivity index is 1.71. The largest absolute Gasteiger partial charge is 0.352 e. The van der Waals surface area contributed by atoms with Crippen molar-refractivity contribution >= 4 is 17.7 Å². The predicted octanol–water partition coefficient (Wildman–Crippen LogP) is 3.42. The van der Waals surface area contributed by atoms with Gasteiger partial charge in [0.1, 0.15) is 6.33 Å². The number of nitrogens with zero attached hydrogens (tertiary/aromatic N) is 3. The average Bonchev–Trinajstić information content (AvgIpc) is 3.19. The highest BCUT2D eigenvalue weighted by Crippen LogP contribution is 2.26. The Morgan fingerprint density at radius 1 is 1.33 bits per heavy atom. The number of carbonyl (C=O) groups is 1. The van der Waals surface area contributed by atoms with Crippen LogP contribution in [-0.2, 0) is 4.79 Å². The van der Waals surface area contributed by atoms with Gasteiger partial charge in [0, 0.05) is 6.04 Å². The second-order valence-corrected chi connectivity index (χ2v) is 7.83. The van der Waals surface area contributed by atoms with Gasteiger partial charge in [0.15, 0.2) is 5.16 Å². The summed E-state index contributed by atoms with van der Waals surface area (Å²) < 4.78 is 1.96. The summed E-state index contributed by atoms with van der Waals surface area (Å²) in [5.74, 6) is 0.0853. The molecule has 1 aliphatic rings. The minimum Gasteiger partial charge on any atom is -0.352 e. The molecule has 1 atom stereocenters. The van der Waals surface area contributed by atoms with Crippen LogP contribution in [0.15, 0.2) is 29.7 Å². The molecule has 1 aromatic heterocycles. The predicted molar refractivity (Wildman–Crippen MR) is 96.6 cm³/mol. The molecule has 0 spiro atoms. The van der Waals surface area contributed by atoms with E-state index in [0.717, 1.165) is 23.7 Å². The van der Waals surface area contributed by atoms with Gasteiger partial charge in [0.2, 0.25) is 5.91 Å². The van der Waals surface area contributed by atoms with E-state index in [-0.39, 0.29) is 11.2 Å². The number of carbonyl (C=O) groups excluding carboxylic acids is 1. The van der Waals surface area contributed by atoms with E-state index in [4.69, 9.17) is 0 Å². The third kappa shape index (κ3) is 3.80. The molecule has 3 rings (SSSR count). The number of hydrogen-bond donors (Lipinski definition) is 1. The molecule has 1 unspecified atom stereocenters. The van der Waals surface area contributed by atoms with Crippen molar-refractivity contribution in [1.82, 2.24) is 20.1 Å². The highest BCUT2D eigenvalue weighted by molar-refractivity contribution is 8.00. The van der Waals surface area contributed by atoms with Gasteiger partial charge in [-0.2, -0.15) is 0 Å². The van der Waals surface area contributed by atoms with E-state index >= 15 is 0 Å². The summed E-state index contributed by atoms with van der Waals surface area (Å²) in [6.07, 6.45) is 6.34. The average molecular weight is 344 g/mol. The molecule has 0 saturated heterocycles. The van der Waals surface area contributed by atoms with Crippen molar-refractivity contribution in [2.24, 2.45) is 0 Å². The Kier molecular flexibility index (Phi) is 5.23. The molecule has 1 aliphatic carbocycles. The van der Waals surface area contributed by atoms with E-state index in [2.05, 4.69) is 47.6 Å². The minimum absolute atomic E-state index is 0.0853. The number of aromatic nitrogens is 3. The van der Waals surface area contributed by atoms with Crippen molar-refractivity contribution in [2.75, 3.05) is 0 Å². The van der Waals surface area contributed by atoms with E-state index in [9.17, 15) is 4.79 Å². The van der Waals surface area contributed by atoms with Crippen LogP contribution in [-0.4, -0.2) is 32.0 Å². The summed E-state index contributed by atoms with van der Waals surface area (Å²) in [5, 5.41) is 11.9. The molecule has 0 aliphatic heterocycles. The fourth-order valence-electron chi connectivity index (χ4n) is 3.15.